The van der Waals surface area contributed by atoms with Gasteiger partial charge in [0.1, 0.15) is 5.75 Å². The largest absolute Gasteiger partial charge is 0.497 e. The molecule has 3 nitrogen and oxygen atoms in total. The van der Waals surface area contributed by atoms with Gasteiger partial charge in [0, 0.05) is 16.6 Å². The van der Waals surface area contributed by atoms with Crippen molar-refractivity contribution in [2.75, 3.05) is 7.11 Å². The van der Waals surface area contributed by atoms with Gasteiger partial charge in [0.25, 0.3) is 0 Å². The first kappa shape index (κ1) is 19.6. The number of aryl methyl sites for hydroxylation is 2. The maximum absolute atomic E-state index is 13.3. The smallest absolute Gasteiger partial charge is 0.188 e. The fourth-order valence-corrected chi connectivity index (χ4v) is 3.68. The normalized spacial score (nSPS) is 11.2. The van der Waals surface area contributed by atoms with Crippen molar-refractivity contribution in [2.45, 2.75) is 13.8 Å². The van der Waals surface area contributed by atoms with E-state index in [0.717, 1.165) is 44.6 Å². The molecule has 0 radical (unpaired) electrons. The number of carbonyl (C=O) groups excluding carboxylic acids is 1. The Morgan fingerprint density at radius 2 is 1.67 bits per heavy atom. The van der Waals surface area contributed by atoms with Crippen molar-refractivity contribution in [1.29, 1.82) is 0 Å². The summed E-state index contributed by atoms with van der Waals surface area (Å²) in [4.78, 5) is 18.1. The molecule has 1 aromatic heterocycles. The lowest BCUT2D eigenvalue weighted by molar-refractivity contribution is 0.104. The molecule has 0 N–H and O–H groups in total. The van der Waals surface area contributed by atoms with E-state index in [2.05, 4.69) is 19.1 Å². The summed E-state index contributed by atoms with van der Waals surface area (Å²) in [6, 6.07) is 23.8. The molecule has 3 heteroatoms. The van der Waals surface area contributed by atoms with Crippen molar-refractivity contribution >= 4 is 22.8 Å². The Balaban J connectivity index is 1.85. The van der Waals surface area contributed by atoms with Crippen LogP contribution < -0.4 is 4.74 Å². The molecule has 0 aliphatic rings. The van der Waals surface area contributed by atoms with Crippen LogP contribution in [0.25, 0.3) is 28.1 Å². The summed E-state index contributed by atoms with van der Waals surface area (Å²) in [7, 11) is 1.64. The zero-order valence-electron chi connectivity index (χ0n) is 17.3. The summed E-state index contributed by atoms with van der Waals surface area (Å²) in [6.45, 7) is 3.96. The van der Waals surface area contributed by atoms with Crippen LogP contribution in [0.5, 0.6) is 5.75 Å². The highest BCUT2D eigenvalue weighted by atomic mass is 16.5. The number of fused-ring (bicyclic) bond motifs is 1. The zero-order valence-corrected chi connectivity index (χ0v) is 17.3. The molecule has 1 heterocycles. The molecular weight excluding hydrogens is 370 g/mol. The van der Waals surface area contributed by atoms with Crippen LogP contribution in [-0.2, 0) is 0 Å². The van der Waals surface area contributed by atoms with Gasteiger partial charge in [-0.05, 0) is 55.3 Å². The summed E-state index contributed by atoms with van der Waals surface area (Å²) in [6.07, 6.45) is 3.45. The lowest BCUT2D eigenvalue weighted by Crippen LogP contribution is -2.05. The van der Waals surface area contributed by atoms with Gasteiger partial charge in [-0.25, -0.2) is 0 Å². The Kier molecular flexibility index (Phi) is 5.44. The second-order valence-electron chi connectivity index (χ2n) is 7.30. The number of carbonyl (C=O) groups is 1. The molecule has 30 heavy (non-hydrogen) atoms. The van der Waals surface area contributed by atoms with Crippen LogP contribution in [0.3, 0.4) is 0 Å². The monoisotopic (exact) mass is 393 g/mol. The van der Waals surface area contributed by atoms with E-state index in [-0.39, 0.29) is 5.78 Å². The van der Waals surface area contributed by atoms with Gasteiger partial charge in [0.15, 0.2) is 5.78 Å². The minimum absolute atomic E-state index is 0.0573. The number of allylic oxidation sites excluding steroid dienone is 1. The van der Waals surface area contributed by atoms with E-state index in [1.165, 1.54) is 0 Å². The van der Waals surface area contributed by atoms with Crippen LogP contribution in [-0.4, -0.2) is 17.9 Å². The van der Waals surface area contributed by atoms with E-state index in [4.69, 9.17) is 9.72 Å². The van der Waals surface area contributed by atoms with Crippen LogP contribution in [0.15, 0.2) is 78.9 Å². The van der Waals surface area contributed by atoms with Crippen molar-refractivity contribution in [3.05, 3.63) is 101 Å². The van der Waals surface area contributed by atoms with Crippen molar-refractivity contribution in [3.63, 3.8) is 0 Å². The highest BCUT2D eigenvalue weighted by molar-refractivity contribution is 6.16. The number of ether oxygens (including phenoxy) is 1. The highest BCUT2D eigenvalue weighted by Gasteiger charge is 2.19. The van der Waals surface area contributed by atoms with Crippen LogP contribution >= 0.6 is 0 Å². The van der Waals surface area contributed by atoms with Crippen LogP contribution in [0.1, 0.15) is 27.2 Å². The Labute approximate surface area is 176 Å². The van der Waals surface area contributed by atoms with Gasteiger partial charge in [-0.3, -0.25) is 9.78 Å². The number of hydrogen-bond donors (Lipinski definition) is 0. The lowest BCUT2D eigenvalue weighted by Gasteiger charge is -2.14. The van der Waals surface area contributed by atoms with E-state index in [9.17, 15) is 4.79 Å². The summed E-state index contributed by atoms with van der Waals surface area (Å²) in [5, 5.41) is 0.994. The highest BCUT2D eigenvalue weighted by Crippen LogP contribution is 2.34. The molecule has 4 aromatic rings. The fraction of sp³-hybridized carbons (Fsp3) is 0.111. The van der Waals surface area contributed by atoms with Gasteiger partial charge in [-0.15, -0.1) is 0 Å². The topological polar surface area (TPSA) is 39.2 Å². The molecule has 4 rings (SSSR count). The molecule has 0 saturated carbocycles. The number of aromatic nitrogens is 1. The SMILES string of the molecule is COc1ccc(C=CC(=O)c2c(C)nc3ccc(C)cc3c2-c2ccccc2)cc1. The molecule has 0 fully saturated rings. The number of benzene rings is 3. The molecule has 0 amide bonds. The molecular formula is C27H23NO2. The third-order valence-electron chi connectivity index (χ3n) is 5.17. The van der Waals surface area contributed by atoms with Gasteiger partial charge >= 0.3 is 0 Å². The average molecular weight is 393 g/mol. The Morgan fingerprint density at radius 1 is 0.933 bits per heavy atom. The third-order valence-corrected chi connectivity index (χ3v) is 5.17. The van der Waals surface area contributed by atoms with Crippen molar-refractivity contribution in [3.8, 4) is 16.9 Å². The minimum Gasteiger partial charge on any atom is -0.497 e. The number of methoxy groups -OCH3 is 1. The molecule has 0 bridgehead atoms. The number of hydrogen-bond acceptors (Lipinski definition) is 3. The maximum Gasteiger partial charge on any atom is 0.188 e. The fourth-order valence-electron chi connectivity index (χ4n) is 3.68. The summed E-state index contributed by atoms with van der Waals surface area (Å²) in [5.41, 5.74) is 6.29. The summed E-state index contributed by atoms with van der Waals surface area (Å²) < 4.78 is 5.20. The van der Waals surface area contributed by atoms with Gasteiger partial charge in [-0.2, -0.15) is 0 Å². The molecule has 0 aliphatic heterocycles. The maximum atomic E-state index is 13.3. The lowest BCUT2D eigenvalue weighted by atomic mass is 9.91. The van der Waals surface area contributed by atoms with Crippen molar-refractivity contribution < 1.29 is 9.53 Å². The first-order chi connectivity index (χ1) is 14.6. The number of nitrogens with zero attached hydrogens (tertiary/aromatic N) is 1. The predicted octanol–water partition coefficient (Wildman–Crippen LogP) is 6.42. The van der Waals surface area contributed by atoms with Crippen LogP contribution in [0.2, 0.25) is 0 Å². The second kappa shape index (κ2) is 8.34. The Hall–Kier alpha value is -3.72. The quantitative estimate of drug-likeness (QED) is 0.290. The molecule has 0 saturated heterocycles. The van der Waals surface area contributed by atoms with Crippen LogP contribution in [0.4, 0.5) is 0 Å². The number of rotatable bonds is 5. The van der Waals surface area contributed by atoms with Gasteiger partial charge < -0.3 is 4.74 Å². The number of ketones is 1. The van der Waals surface area contributed by atoms with E-state index in [0.29, 0.717) is 5.56 Å². The van der Waals surface area contributed by atoms with E-state index in [1.54, 1.807) is 13.2 Å². The predicted molar refractivity (Wildman–Crippen MR) is 123 cm³/mol. The summed E-state index contributed by atoms with van der Waals surface area (Å²) in [5.74, 6) is 0.730. The molecule has 0 aliphatic carbocycles. The average Bonchev–Trinajstić information content (AvgIpc) is 2.78. The van der Waals surface area contributed by atoms with Gasteiger partial charge in [0.2, 0.25) is 0 Å². The molecule has 0 unspecified atom stereocenters. The Bertz CT molecular complexity index is 1240. The third kappa shape index (κ3) is 3.87. The molecule has 3 aromatic carbocycles. The van der Waals surface area contributed by atoms with E-state index in [1.807, 2.05) is 73.7 Å². The first-order valence-corrected chi connectivity index (χ1v) is 9.89. The standard InChI is InChI=1S/C27H23NO2/c1-18-9-15-24-23(17-18)27(21-7-5-4-6-8-21)26(19(2)28-24)25(29)16-12-20-10-13-22(30-3)14-11-20/h4-17H,1-3H3. The Morgan fingerprint density at radius 3 is 2.37 bits per heavy atom. The summed E-state index contributed by atoms with van der Waals surface area (Å²) >= 11 is 0. The van der Waals surface area contributed by atoms with Crippen LogP contribution in [0, 0.1) is 13.8 Å². The van der Waals surface area contributed by atoms with E-state index < -0.39 is 0 Å². The minimum atomic E-state index is -0.0573. The molecule has 148 valence electrons. The van der Waals surface area contributed by atoms with E-state index >= 15 is 0 Å². The number of pyridine rings is 1. The second-order valence-corrected chi connectivity index (χ2v) is 7.30. The molecule has 0 spiro atoms. The zero-order chi connectivity index (χ0) is 21.1. The first-order valence-electron chi connectivity index (χ1n) is 9.89. The van der Waals surface area contributed by atoms with Gasteiger partial charge in [-0.1, -0.05) is 60.2 Å². The molecule has 0 atom stereocenters. The van der Waals surface area contributed by atoms with Crippen molar-refractivity contribution in [1.82, 2.24) is 4.98 Å². The van der Waals surface area contributed by atoms with Gasteiger partial charge in [0.05, 0.1) is 18.2 Å². The van der Waals surface area contributed by atoms with Crippen molar-refractivity contribution in [2.24, 2.45) is 0 Å².